The van der Waals surface area contributed by atoms with Gasteiger partial charge in [0.15, 0.2) is 0 Å². The van der Waals surface area contributed by atoms with Gasteiger partial charge in [0.05, 0.1) is 6.54 Å². The first kappa shape index (κ1) is 15.3. The summed E-state index contributed by atoms with van der Waals surface area (Å²) in [5, 5.41) is 7.17. The third-order valence-electron chi connectivity index (χ3n) is 1.65. The Morgan fingerprint density at radius 1 is 1.44 bits per heavy atom. The van der Waals surface area contributed by atoms with Gasteiger partial charge in [-0.05, 0) is 34.6 Å². The van der Waals surface area contributed by atoms with Crippen molar-refractivity contribution in [1.82, 2.24) is 9.03 Å². The highest BCUT2D eigenvalue weighted by Gasteiger charge is 2.29. The molecule has 0 aromatic heterocycles. The number of nitrogens with zero attached hydrogens (tertiary/aromatic N) is 1. The van der Waals surface area contributed by atoms with Crippen LogP contribution in [0.4, 0.5) is 0 Å². The lowest BCUT2D eigenvalue weighted by atomic mass is 10.1. The highest BCUT2D eigenvalue weighted by molar-refractivity contribution is 7.87. The molecule has 0 fully saturated rings. The predicted molar refractivity (Wildman–Crippen MR) is 65.6 cm³/mol. The van der Waals surface area contributed by atoms with E-state index in [0.29, 0.717) is 0 Å². The summed E-state index contributed by atoms with van der Waals surface area (Å²) in [7, 11) is -3.61. The van der Waals surface area contributed by atoms with E-state index < -0.39 is 15.7 Å². The summed E-state index contributed by atoms with van der Waals surface area (Å²) in [4.78, 5) is 0. The summed E-state index contributed by atoms with van der Waals surface area (Å²) in [6.45, 7) is 8.67. The fourth-order valence-electron chi connectivity index (χ4n) is 1.16. The lowest BCUT2D eigenvalue weighted by molar-refractivity contribution is 0.366. The van der Waals surface area contributed by atoms with Gasteiger partial charge in [-0.3, -0.25) is 5.41 Å². The molecule has 4 N–H and O–H groups in total. The summed E-state index contributed by atoms with van der Waals surface area (Å²) in [5.74, 6) is -0.173. The Morgan fingerprint density at radius 2 is 1.88 bits per heavy atom. The van der Waals surface area contributed by atoms with Gasteiger partial charge in [-0.15, -0.1) is 0 Å². The molecule has 0 aliphatic carbocycles. The second-order valence-electron chi connectivity index (χ2n) is 5.02. The fourth-order valence-corrected chi connectivity index (χ4v) is 2.91. The average Bonchev–Trinajstić information content (AvgIpc) is 1.93. The molecule has 0 amide bonds. The van der Waals surface area contributed by atoms with Crippen LogP contribution >= 0.6 is 0 Å². The maximum atomic E-state index is 12.0. The van der Waals surface area contributed by atoms with E-state index in [4.69, 9.17) is 11.1 Å². The molecule has 0 bridgehead atoms. The highest BCUT2D eigenvalue weighted by atomic mass is 32.2. The molecule has 0 spiro atoms. The maximum Gasteiger partial charge on any atom is 0.280 e. The van der Waals surface area contributed by atoms with Crippen molar-refractivity contribution in [3.63, 3.8) is 0 Å². The number of hydrogen-bond acceptors (Lipinski definition) is 3. The molecule has 0 aromatic carbocycles. The molecule has 96 valence electrons. The Bertz CT molecular complexity index is 343. The number of rotatable bonds is 5. The lowest BCUT2D eigenvalue weighted by Crippen LogP contribution is -2.53. The molecular formula is C9H22N4O2S. The van der Waals surface area contributed by atoms with Gasteiger partial charge in [-0.2, -0.15) is 17.4 Å². The van der Waals surface area contributed by atoms with Crippen LogP contribution in [0.1, 0.15) is 34.6 Å². The summed E-state index contributed by atoms with van der Waals surface area (Å²) >= 11 is 0. The molecule has 0 aliphatic heterocycles. The van der Waals surface area contributed by atoms with Crippen molar-refractivity contribution in [3.05, 3.63) is 0 Å². The standard InChI is InChI=1S/C9H22N4O2S/c1-7(2)13(6-8(10)11)16(14,15)12-9(3,4)5/h7,12H,6H2,1-5H3,(H3,10,11). The van der Waals surface area contributed by atoms with Crippen LogP contribution in [-0.4, -0.2) is 36.7 Å². The topological polar surface area (TPSA) is 99.3 Å². The molecule has 0 aromatic rings. The van der Waals surface area contributed by atoms with E-state index >= 15 is 0 Å². The van der Waals surface area contributed by atoms with Crippen LogP contribution in [0.25, 0.3) is 0 Å². The van der Waals surface area contributed by atoms with Crippen LogP contribution in [0.3, 0.4) is 0 Å². The number of nitrogens with two attached hydrogens (primary N) is 1. The Morgan fingerprint density at radius 3 is 2.12 bits per heavy atom. The van der Waals surface area contributed by atoms with Gasteiger partial charge in [-0.1, -0.05) is 0 Å². The minimum Gasteiger partial charge on any atom is -0.387 e. The molecule has 6 nitrogen and oxygen atoms in total. The molecule has 0 rings (SSSR count). The molecule has 0 saturated heterocycles. The highest BCUT2D eigenvalue weighted by Crippen LogP contribution is 2.09. The Hall–Kier alpha value is -0.660. The first-order chi connectivity index (χ1) is 6.96. The quantitative estimate of drug-likeness (QED) is 0.482. The van der Waals surface area contributed by atoms with E-state index in [1.807, 2.05) is 0 Å². The summed E-state index contributed by atoms with van der Waals surface area (Å²) in [6, 6.07) is -0.247. The van der Waals surface area contributed by atoms with Gasteiger partial charge < -0.3 is 5.73 Å². The largest absolute Gasteiger partial charge is 0.387 e. The van der Waals surface area contributed by atoms with Crippen molar-refractivity contribution in [2.24, 2.45) is 5.73 Å². The van der Waals surface area contributed by atoms with E-state index in [-0.39, 0.29) is 18.4 Å². The normalized spacial score (nSPS) is 13.4. The molecule has 7 heteroatoms. The average molecular weight is 250 g/mol. The second kappa shape index (κ2) is 5.11. The van der Waals surface area contributed by atoms with E-state index in [0.717, 1.165) is 0 Å². The van der Waals surface area contributed by atoms with Gasteiger partial charge >= 0.3 is 0 Å². The van der Waals surface area contributed by atoms with Crippen molar-refractivity contribution < 1.29 is 8.42 Å². The van der Waals surface area contributed by atoms with E-state index in [1.165, 1.54) is 4.31 Å². The molecule has 0 heterocycles. The Labute approximate surface area is 97.9 Å². The van der Waals surface area contributed by atoms with Gasteiger partial charge in [0, 0.05) is 11.6 Å². The SMILES string of the molecule is CC(C)N(CC(=N)N)S(=O)(=O)NC(C)(C)C. The van der Waals surface area contributed by atoms with Crippen LogP contribution in [-0.2, 0) is 10.2 Å². The first-order valence-corrected chi connectivity index (χ1v) is 6.53. The lowest BCUT2D eigenvalue weighted by Gasteiger charge is -2.29. The van der Waals surface area contributed by atoms with Crippen molar-refractivity contribution in [1.29, 1.82) is 5.41 Å². The Kier molecular flexibility index (Phi) is 4.90. The van der Waals surface area contributed by atoms with Crippen LogP contribution in [0.2, 0.25) is 0 Å². The zero-order valence-corrected chi connectivity index (χ0v) is 11.4. The van der Waals surface area contributed by atoms with Gasteiger partial charge in [0.1, 0.15) is 5.84 Å². The third kappa shape index (κ3) is 5.43. The number of amidine groups is 1. The second-order valence-corrected chi connectivity index (χ2v) is 6.64. The van der Waals surface area contributed by atoms with Gasteiger partial charge in [-0.25, -0.2) is 0 Å². The van der Waals surface area contributed by atoms with Crippen molar-refractivity contribution in [3.8, 4) is 0 Å². The summed E-state index contributed by atoms with van der Waals surface area (Å²) in [6.07, 6.45) is 0. The van der Waals surface area contributed by atoms with E-state index in [9.17, 15) is 8.42 Å². The van der Waals surface area contributed by atoms with Crippen molar-refractivity contribution in [2.75, 3.05) is 6.54 Å². The molecule has 0 radical (unpaired) electrons. The van der Waals surface area contributed by atoms with Crippen molar-refractivity contribution >= 4 is 16.0 Å². The molecule has 16 heavy (non-hydrogen) atoms. The van der Waals surface area contributed by atoms with Crippen molar-refractivity contribution in [2.45, 2.75) is 46.2 Å². The predicted octanol–water partition coefficient (Wildman–Crippen LogP) is 0.266. The molecule has 0 saturated carbocycles. The monoisotopic (exact) mass is 250 g/mol. The van der Waals surface area contributed by atoms with Crippen LogP contribution in [0.15, 0.2) is 0 Å². The van der Waals surface area contributed by atoms with Crippen LogP contribution in [0.5, 0.6) is 0 Å². The van der Waals surface area contributed by atoms with E-state index in [2.05, 4.69) is 4.72 Å². The zero-order chi connectivity index (χ0) is 13.1. The van der Waals surface area contributed by atoms with Crippen LogP contribution in [0, 0.1) is 5.41 Å². The minimum absolute atomic E-state index is 0.0942. The van der Waals surface area contributed by atoms with Gasteiger partial charge in [0.25, 0.3) is 10.2 Å². The van der Waals surface area contributed by atoms with E-state index in [1.54, 1.807) is 34.6 Å². The summed E-state index contributed by atoms with van der Waals surface area (Å²) in [5.41, 5.74) is 4.69. The smallest absolute Gasteiger partial charge is 0.280 e. The minimum atomic E-state index is -3.61. The van der Waals surface area contributed by atoms with Crippen LogP contribution < -0.4 is 10.5 Å². The zero-order valence-electron chi connectivity index (χ0n) is 10.5. The maximum absolute atomic E-state index is 12.0. The number of nitrogens with one attached hydrogen (secondary N) is 2. The summed E-state index contributed by atoms with van der Waals surface area (Å²) < 4.78 is 27.7. The molecule has 0 aliphatic rings. The first-order valence-electron chi connectivity index (χ1n) is 5.09. The fraction of sp³-hybridized carbons (Fsp3) is 0.889. The number of hydrogen-bond donors (Lipinski definition) is 3. The Balaban J connectivity index is 4.99. The molecular weight excluding hydrogens is 228 g/mol. The molecule has 0 unspecified atom stereocenters. The third-order valence-corrected chi connectivity index (χ3v) is 3.68. The molecule has 0 atom stereocenters. The van der Waals surface area contributed by atoms with Gasteiger partial charge in [0.2, 0.25) is 0 Å².